The summed E-state index contributed by atoms with van der Waals surface area (Å²) in [6, 6.07) is 6.64. The lowest BCUT2D eigenvalue weighted by molar-refractivity contribution is -0.137. The zero-order chi connectivity index (χ0) is 25.4. The zero-order valence-electron chi connectivity index (χ0n) is 18.7. The maximum absolute atomic E-state index is 14.0. The van der Waals surface area contributed by atoms with Crippen LogP contribution in [0.15, 0.2) is 36.4 Å². The molecular weight excluding hydrogens is 480 g/mol. The molecule has 0 aliphatic heterocycles. The summed E-state index contributed by atoms with van der Waals surface area (Å²) in [5.74, 6) is -1.32. The van der Waals surface area contributed by atoms with Gasteiger partial charge in [0, 0.05) is 18.7 Å². The van der Waals surface area contributed by atoms with Crippen LogP contribution >= 0.6 is 0 Å². The van der Waals surface area contributed by atoms with E-state index >= 15 is 0 Å². The fourth-order valence-corrected chi connectivity index (χ4v) is 3.35. The van der Waals surface area contributed by atoms with Crippen molar-refractivity contribution in [2.45, 2.75) is 39.1 Å². The van der Waals surface area contributed by atoms with Crippen molar-refractivity contribution in [2.75, 3.05) is 24.2 Å². The predicted molar refractivity (Wildman–Crippen MR) is 118 cm³/mol. The molecule has 34 heavy (non-hydrogen) atoms. The number of carbonyl (C=O) groups is 1. The third-order valence-electron chi connectivity index (χ3n) is 4.46. The van der Waals surface area contributed by atoms with Crippen LogP contribution < -0.4 is 14.8 Å². The summed E-state index contributed by atoms with van der Waals surface area (Å²) < 4.78 is 88.4. The summed E-state index contributed by atoms with van der Waals surface area (Å²) in [5, 5.41) is 2.50. The number of halogens is 4. The van der Waals surface area contributed by atoms with Gasteiger partial charge in [0.1, 0.15) is 11.6 Å². The average Bonchev–Trinajstić information content (AvgIpc) is 2.74. The average molecular weight is 507 g/mol. The lowest BCUT2D eigenvalue weighted by Crippen LogP contribution is -2.28. The Balaban J connectivity index is 1.97. The van der Waals surface area contributed by atoms with Crippen molar-refractivity contribution in [1.82, 2.24) is 5.32 Å². The molecule has 12 heteroatoms. The molecule has 0 heterocycles. The van der Waals surface area contributed by atoms with Crippen molar-refractivity contribution >= 4 is 21.6 Å². The fourth-order valence-electron chi connectivity index (χ4n) is 2.78. The largest absolute Gasteiger partial charge is 0.483 e. The number of hydrogen-bond acceptors (Lipinski definition) is 5. The molecule has 2 aromatic rings. The van der Waals surface area contributed by atoms with Crippen LogP contribution in [0.1, 0.15) is 36.5 Å². The molecule has 0 aromatic heterocycles. The molecular formula is C22H26F4N2O5S. The van der Waals surface area contributed by atoms with Gasteiger partial charge in [-0.25, -0.2) is 12.8 Å². The Hall–Kier alpha value is -2.86. The Morgan fingerprint density at radius 3 is 2.47 bits per heavy atom. The lowest BCUT2D eigenvalue weighted by Gasteiger charge is -2.15. The Bertz CT molecular complexity index is 1090. The molecule has 0 bridgehead atoms. The minimum absolute atomic E-state index is 0.0712. The molecule has 1 amide bonds. The SMILES string of the molecule is CCCCOCc1cc(C(F)(F)F)ccc1OCC(=O)NCc1ccc(NS(C)(=O)=O)c(F)c1. The Morgan fingerprint density at radius 2 is 1.85 bits per heavy atom. The monoisotopic (exact) mass is 506 g/mol. The molecule has 0 saturated carbocycles. The van der Waals surface area contributed by atoms with Gasteiger partial charge < -0.3 is 14.8 Å². The van der Waals surface area contributed by atoms with Gasteiger partial charge in [0.05, 0.1) is 24.1 Å². The molecule has 0 fully saturated rings. The second-order valence-corrected chi connectivity index (χ2v) is 9.23. The van der Waals surface area contributed by atoms with Gasteiger partial charge in [-0.15, -0.1) is 0 Å². The van der Waals surface area contributed by atoms with Gasteiger partial charge in [0.2, 0.25) is 10.0 Å². The molecule has 0 atom stereocenters. The fraction of sp³-hybridized carbons (Fsp3) is 0.409. The minimum atomic E-state index is -4.53. The summed E-state index contributed by atoms with van der Waals surface area (Å²) in [7, 11) is -3.64. The van der Waals surface area contributed by atoms with Crippen LogP contribution in [0.25, 0.3) is 0 Å². The van der Waals surface area contributed by atoms with Gasteiger partial charge in [0.25, 0.3) is 5.91 Å². The maximum atomic E-state index is 14.0. The molecule has 2 N–H and O–H groups in total. The standard InChI is InChI=1S/C22H26F4N2O5S/c1-3-4-9-32-13-16-11-17(22(24,25)26)6-8-20(16)33-14-21(29)27-12-15-5-7-19(18(23)10-15)28-34(2,30)31/h5-8,10-11,28H,3-4,9,12-14H2,1-2H3,(H,27,29). The number of alkyl halides is 3. The zero-order valence-corrected chi connectivity index (χ0v) is 19.5. The Morgan fingerprint density at radius 1 is 1.12 bits per heavy atom. The highest BCUT2D eigenvalue weighted by molar-refractivity contribution is 7.92. The first-order chi connectivity index (χ1) is 15.9. The van der Waals surface area contributed by atoms with Crippen LogP contribution in [0, 0.1) is 5.82 Å². The van der Waals surface area contributed by atoms with Gasteiger partial charge in [-0.05, 0) is 42.3 Å². The van der Waals surface area contributed by atoms with E-state index in [-0.39, 0.29) is 30.2 Å². The summed E-state index contributed by atoms with van der Waals surface area (Å²) >= 11 is 0. The van der Waals surface area contributed by atoms with Crippen molar-refractivity contribution in [3.05, 3.63) is 58.9 Å². The highest BCUT2D eigenvalue weighted by Crippen LogP contribution is 2.33. The molecule has 2 rings (SSSR count). The summed E-state index contributed by atoms with van der Waals surface area (Å²) in [4.78, 5) is 12.1. The van der Waals surface area contributed by atoms with Gasteiger partial charge in [-0.3, -0.25) is 9.52 Å². The van der Waals surface area contributed by atoms with Crippen LogP contribution in [-0.4, -0.2) is 33.8 Å². The third kappa shape index (κ3) is 9.18. The van der Waals surface area contributed by atoms with E-state index in [2.05, 4.69) is 5.32 Å². The second-order valence-electron chi connectivity index (χ2n) is 7.48. The van der Waals surface area contributed by atoms with E-state index in [9.17, 15) is 30.8 Å². The van der Waals surface area contributed by atoms with E-state index in [1.807, 2.05) is 11.6 Å². The predicted octanol–water partition coefficient (Wildman–Crippen LogP) is 4.23. The molecule has 0 unspecified atom stereocenters. The molecule has 0 aliphatic carbocycles. The smallest absolute Gasteiger partial charge is 0.416 e. The highest BCUT2D eigenvalue weighted by atomic mass is 32.2. The van der Waals surface area contributed by atoms with Crippen LogP contribution in [0.2, 0.25) is 0 Å². The topological polar surface area (TPSA) is 93.7 Å². The van der Waals surface area contributed by atoms with Gasteiger partial charge >= 0.3 is 6.18 Å². The molecule has 188 valence electrons. The molecule has 7 nitrogen and oxygen atoms in total. The number of unbranched alkanes of at least 4 members (excludes halogenated alkanes) is 1. The molecule has 0 spiro atoms. The minimum Gasteiger partial charge on any atom is -0.483 e. The number of hydrogen-bond donors (Lipinski definition) is 2. The molecule has 0 aliphatic rings. The molecule has 0 radical (unpaired) electrons. The number of benzene rings is 2. The van der Waals surface area contributed by atoms with Crippen LogP contribution in [-0.2, 0) is 38.9 Å². The van der Waals surface area contributed by atoms with Crippen molar-refractivity contribution in [2.24, 2.45) is 0 Å². The number of ether oxygens (including phenoxy) is 2. The number of anilines is 1. The summed E-state index contributed by atoms with van der Waals surface area (Å²) in [6.45, 7) is 1.67. The maximum Gasteiger partial charge on any atom is 0.416 e. The normalized spacial score (nSPS) is 11.8. The number of carbonyl (C=O) groups excluding carboxylic acids is 1. The first-order valence-electron chi connectivity index (χ1n) is 10.3. The van der Waals surface area contributed by atoms with Crippen LogP contribution in [0.4, 0.5) is 23.2 Å². The third-order valence-corrected chi connectivity index (χ3v) is 5.06. The quantitative estimate of drug-likeness (QED) is 0.332. The van der Waals surface area contributed by atoms with E-state index in [0.29, 0.717) is 12.2 Å². The molecule has 2 aromatic carbocycles. The van der Waals surface area contributed by atoms with Crippen molar-refractivity contribution in [3.63, 3.8) is 0 Å². The first-order valence-corrected chi connectivity index (χ1v) is 12.2. The summed E-state index contributed by atoms with van der Waals surface area (Å²) in [6.07, 6.45) is -2.02. The van der Waals surface area contributed by atoms with Crippen molar-refractivity contribution < 1.29 is 40.2 Å². The first kappa shape index (κ1) is 27.4. The number of amides is 1. The Kier molecular flexibility index (Phi) is 9.68. The summed E-state index contributed by atoms with van der Waals surface area (Å²) in [5.41, 5.74) is -0.551. The van der Waals surface area contributed by atoms with E-state index in [1.165, 1.54) is 12.1 Å². The second kappa shape index (κ2) is 12.0. The van der Waals surface area contributed by atoms with E-state index in [4.69, 9.17) is 9.47 Å². The van der Waals surface area contributed by atoms with Gasteiger partial charge in [0.15, 0.2) is 6.61 Å². The lowest BCUT2D eigenvalue weighted by atomic mass is 10.1. The number of nitrogens with one attached hydrogen (secondary N) is 2. The van der Waals surface area contributed by atoms with Crippen LogP contribution in [0.3, 0.4) is 0 Å². The highest BCUT2D eigenvalue weighted by Gasteiger charge is 2.31. The van der Waals surface area contributed by atoms with Crippen LogP contribution in [0.5, 0.6) is 5.75 Å². The van der Waals surface area contributed by atoms with E-state index in [0.717, 1.165) is 43.4 Å². The van der Waals surface area contributed by atoms with Gasteiger partial charge in [-0.2, -0.15) is 13.2 Å². The van der Waals surface area contributed by atoms with Crippen molar-refractivity contribution in [1.29, 1.82) is 0 Å². The Labute approximate surface area is 195 Å². The van der Waals surface area contributed by atoms with Crippen molar-refractivity contribution in [3.8, 4) is 5.75 Å². The van der Waals surface area contributed by atoms with E-state index < -0.39 is 40.1 Å². The number of sulfonamides is 1. The van der Waals surface area contributed by atoms with E-state index in [1.54, 1.807) is 0 Å². The number of rotatable bonds is 12. The molecule has 0 saturated heterocycles. The van der Waals surface area contributed by atoms with Gasteiger partial charge in [-0.1, -0.05) is 19.4 Å².